The standard InChI is InChI=1S/C22H30N4O3/c27-19(23-17-7-9-18(10-8-17)25-14-5-2-6-15-25)11-16-26-20(28)22(24-21(26)29)12-3-1-4-13-22/h7-10H,1-6,11-16H2,(H,23,27)(H,24,29). The molecule has 1 aromatic rings. The summed E-state index contributed by atoms with van der Waals surface area (Å²) in [6.45, 7) is 2.28. The summed E-state index contributed by atoms with van der Waals surface area (Å²) in [6, 6.07) is 7.52. The van der Waals surface area contributed by atoms with Gasteiger partial charge in [0.1, 0.15) is 5.54 Å². The molecule has 4 rings (SSSR count). The number of nitrogens with one attached hydrogen (secondary N) is 2. The van der Waals surface area contributed by atoms with Crippen molar-refractivity contribution in [2.45, 2.75) is 63.3 Å². The second-order valence-electron chi connectivity index (χ2n) is 8.42. The second kappa shape index (κ2) is 8.43. The first kappa shape index (κ1) is 19.7. The Morgan fingerprint density at radius 2 is 1.62 bits per heavy atom. The van der Waals surface area contributed by atoms with Crippen LogP contribution in [0.4, 0.5) is 16.2 Å². The molecule has 7 heteroatoms. The van der Waals surface area contributed by atoms with Gasteiger partial charge in [0.2, 0.25) is 5.91 Å². The zero-order valence-electron chi connectivity index (χ0n) is 16.9. The summed E-state index contributed by atoms with van der Waals surface area (Å²) in [6.07, 6.45) is 8.25. The van der Waals surface area contributed by atoms with Gasteiger partial charge in [0, 0.05) is 37.4 Å². The van der Waals surface area contributed by atoms with Crippen molar-refractivity contribution < 1.29 is 14.4 Å². The number of anilines is 2. The molecule has 0 radical (unpaired) electrons. The lowest BCUT2D eigenvalue weighted by Crippen LogP contribution is -2.48. The van der Waals surface area contributed by atoms with Gasteiger partial charge in [0.05, 0.1) is 0 Å². The minimum absolute atomic E-state index is 0.100. The van der Waals surface area contributed by atoms with Crippen molar-refractivity contribution in [3.05, 3.63) is 24.3 Å². The van der Waals surface area contributed by atoms with E-state index in [-0.39, 0.29) is 30.8 Å². The highest BCUT2D eigenvalue weighted by Gasteiger charge is 2.51. The number of nitrogens with zero attached hydrogens (tertiary/aromatic N) is 2. The van der Waals surface area contributed by atoms with Crippen LogP contribution in [0.15, 0.2) is 24.3 Å². The Morgan fingerprint density at radius 1 is 0.966 bits per heavy atom. The lowest BCUT2D eigenvalue weighted by atomic mass is 9.82. The van der Waals surface area contributed by atoms with E-state index in [1.807, 2.05) is 24.3 Å². The molecular weight excluding hydrogens is 368 g/mol. The molecule has 0 bridgehead atoms. The first-order chi connectivity index (χ1) is 14.1. The molecule has 2 saturated heterocycles. The largest absolute Gasteiger partial charge is 0.372 e. The molecule has 2 aliphatic heterocycles. The molecule has 3 aliphatic rings. The van der Waals surface area contributed by atoms with Crippen molar-refractivity contribution in [2.24, 2.45) is 0 Å². The van der Waals surface area contributed by atoms with Gasteiger partial charge in [-0.15, -0.1) is 0 Å². The molecule has 3 fully saturated rings. The van der Waals surface area contributed by atoms with E-state index >= 15 is 0 Å². The number of benzene rings is 1. The average Bonchev–Trinajstić information content (AvgIpc) is 2.97. The van der Waals surface area contributed by atoms with Gasteiger partial charge in [-0.3, -0.25) is 14.5 Å². The Labute approximate surface area is 171 Å². The third kappa shape index (κ3) is 4.23. The van der Waals surface area contributed by atoms with Crippen LogP contribution in [0.3, 0.4) is 0 Å². The predicted molar refractivity (Wildman–Crippen MR) is 112 cm³/mol. The molecule has 156 valence electrons. The molecule has 1 spiro atoms. The normalized spacial score (nSPS) is 21.4. The van der Waals surface area contributed by atoms with Crippen LogP contribution in [0.5, 0.6) is 0 Å². The van der Waals surface area contributed by atoms with E-state index in [1.54, 1.807) is 0 Å². The van der Waals surface area contributed by atoms with Gasteiger partial charge in [-0.05, 0) is 56.4 Å². The summed E-state index contributed by atoms with van der Waals surface area (Å²) in [5.41, 5.74) is 1.19. The summed E-state index contributed by atoms with van der Waals surface area (Å²) in [7, 11) is 0. The minimum atomic E-state index is -0.726. The molecule has 0 aromatic heterocycles. The molecular formula is C22H30N4O3. The highest BCUT2D eigenvalue weighted by Crippen LogP contribution is 2.33. The molecule has 2 N–H and O–H groups in total. The third-order valence-electron chi connectivity index (χ3n) is 6.39. The molecule has 1 aromatic carbocycles. The molecule has 0 unspecified atom stereocenters. The molecule has 29 heavy (non-hydrogen) atoms. The van der Waals surface area contributed by atoms with E-state index < -0.39 is 5.54 Å². The Balaban J connectivity index is 1.28. The van der Waals surface area contributed by atoms with Crippen LogP contribution in [-0.4, -0.2) is 47.9 Å². The summed E-state index contributed by atoms with van der Waals surface area (Å²) < 4.78 is 0. The average molecular weight is 399 g/mol. The summed E-state index contributed by atoms with van der Waals surface area (Å²) in [5, 5.41) is 5.75. The summed E-state index contributed by atoms with van der Waals surface area (Å²) >= 11 is 0. The van der Waals surface area contributed by atoms with Crippen LogP contribution in [0.25, 0.3) is 0 Å². The smallest absolute Gasteiger partial charge is 0.325 e. The van der Waals surface area contributed by atoms with Gasteiger partial charge in [-0.2, -0.15) is 0 Å². The molecule has 7 nitrogen and oxygen atoms in total. The third-order valence-corrected chi connectivity index (χ3v) is 6.39. The van der Waals surface area contributed by atoms with Gasteiger partial charge in [-0.25, -0.2) is 4.79 Å². The predicted octanol–water partition coefficient (Wildman–Crippen LogP) is 3.26. The number of urea groups is 1. The van der Waals surface area contributed by atoms with Crippen LogP contribution < -0.4 is 15.5 Å². The van der Waals surface area contributed by atoms with E-state index in [4.69, 9.17) is 0 Å². The van der Waals surface area contributed by atoms with Gasteiger partial charge in [0.15, 0.2) is 0 Å². The Morgan fingerprint density at radius 3 is 2.31 bits per heavy atom. The van der Waals surface area contributed by atoms with Crippen LogP contribution in [-0.2, 0) is 9.59 Å². The van der Waals surface area contributed by atoms with Crippen molar-refractivity contribution in [3.8, 4) is 0 Å². The second-order valence-corrected chi connectivity index (χ2v) is 8.42. The van der Waals surface area contributed by atoms with Crippen molar-refractivity contribution >= 4 is 29.2 Å². The van der Waals surface area contributed by atoms with Crippen LogP contribution in [0.2, 0.25) is 0 Å². The maximum absolute atomic E-state index is 12.8. The highest BCUT2D eigenvalue weighted by atomic mass is 16.2. The summed E-state index contributed by atoms with van der Waals surface area (Å²) in [5.74, 6) is -0.359. The number of carbonyl (C=O) groups is 3. The zero-order chi connectivity index (χ0) is 20.3. The van der Waals surface area contributed by atoms with Crippen LogP contribution in [0.1, 0.15) is 57.8 Å². The van der Waals surface area contributed by atoms with E-state index in [1.165, 1.54) is 29.8 Å². The lowest BCUT2D eigenvalue weighted by molar-refractivity contribution is -0.132. The SMILES string of the molecule is O=C(CCN1C(=O)NC2(CCCCC2)C1=O)Nc1ccc(N2CCCCC2)cc1. The monoisotopic (exact) mass is 398 g/mol. The lowest BCUT2D eigenvalue weighted by Gasteiger charge is -2.30. The van der Waals surface area contributed by atoms with Crippen molar-refractivity contribution in [1.82, 2.24) is 10.2 Å². The maximum atomic E-state index is 12.8. The highest BCUT2D eigenvalue weighted by molar-refractivity contribution is 6.07. The number of hydrogen-bond donors (Lipinski definition) is 2. The number of hydrogen-bond acceptors (Lipinski definition) is 4. The fraction of sp³-hybridized carbons (Fsp3) is 0.591. The quantitative estimate of drug-likeness (QED) is 0.746. The van der Waals surface area contributed by atoms with E-state index in [0.29, 0.717) is 12.8 Å². The Hall–Kier alpha value is -2.57. The maximum Gasteiger partial charge on any atom is 0.325 e. The number of rotatable bonds is 5. The first-order valence-corrected chi connectivity index (χ1v) is 10.9. The number of carbonyl (C=O) groups excluding carboxylic acids is 3. The molecule has 0 atom stereocenters. The first-order valence-electron chi connectivity index (χ1n) is 10.9. The van der Waals surface area contributed by atoms with Crippen molar-refractivity contribution in [1.29, 1.82) is 0 Å². The number of amides is 4. The van der Waals surface area contributed by atoms with E-state index in [2.05, 4.69) is 15.5 Å². The van der Waals surface area contributed by atoms with Crippen molar-refractivity contribution in [2.75, 3.05) is 29.9 Å². The molecule has 1 aliphatic carbocycles. The topological polar surface area (TPSA) is 81.8 Å². The zero-order valence-corrected chi connectivity index (χ0v) is 16.9. The molecule has 1 saturated carbocycles. The van der Waals surface area contributed by atoms with E-state index in [0.717, 1.165) is 38.0 Å². The fourth-order valence-electron chi connectivity index (χ4n) is 4.72. The van der Waals surface area contributed by atoms with E-state index in [9.17, 15) is 14.4 Å². The Kier molecular flexibility index (Phi) is 5.74. The minimum Gasteiger partial charge on any atom is -0.372 e. The van der Waals surface area contributed by atoms with Gasteiger partial charge < -0.3 is 15.5 Å². The number of piperidine rings is 1. The van der Waals surface area contributed by atoms with Gasteiger partial charge in [-0.1, -0.05) is 19.3 Å². The van der Waals surface area contributed by atoms with Gasteiger partial charge >= 0.3 is 6.03 Å². The Bertz CT molecular complexity index is 765. The number of imide groups is 1. The molecule has 4 amide bonds. The van der Waals surface area contributed by atoms with Crippen molar-refractivity contribution in [3.63, 3.8) is 0 Å². The van der Waals surface area contributed by atoms with Crippen LogP contribution in [0, 0.1) is 0 Å². The summed E-state index contributed by atoms with van der Waals surface area (Å²) in [4.78, 5) is 41.0. The molecule has 2 heterocycles. The fourth-order valence-corrected chi connectivity index (χ4v) is 4.72. The van der Waals surface area contributed by atoms with Gasteiger partial charge in [0.25, 0.3) is 5.91 Å². The van der Waals surface area contributed by atoms with Crippen LogP contribution >= 0.6 is 0 Å².